The van der Waals surface area contributed by atoms with Crippen LogP contribution in [-0.2, 0) is 24.8 Å². The van der Waals surface area contributed by atoms with E-state index < -0.39 is 0 Å². The molecule has 1 aliphatic rings. The zero-order chi connectivity index (χ0) is 19.3. The summed E-state index contributed by atoms with van der Waals surface area (Å²) >= 11 is 6.27. The molecule has 0 atom stereocenters. The van der Waals surface area contributed by atoms with E-state index in [1.807, 2.05) is 47.6 Å². The third kappa shape index (κ3) is 2.73. The average molecular weight is 397 g/mol. The molecule has 28 heavy (non-hydrogen) atoms. The van der Waals surface area contributed by atoms with E-state index in [2.05, 4.69) is 20.2 Å². The zero-order valence-electron chi connectivity index (χ0n) is 15.4. The molecule has 0 fully saturated rings. The minimum absolute atomic E-state index is 0.285. The van der Waals surface area contributed by atoms with E-state index in [0.29, 0.717) is 35.5 Å². The van der Waals surface area contributed by atoms with Crippen molar-refractivity contribution in [3.05, 3.63) is 52.9 Å². The number of hydrogen-bond acceptors (Lipinski definition) is 6. The van der Waals surface area contributed by atoms with E-state index >= 15 is 0 Å². The number of rotatable bonds is 4. The topological polar surface area (TPSA) is 83.8 Å². The van der Waals surface area contributed by atoms with E-state index in [1.54, 1.807) is 6.33 Å². The Kier molecular flexibility index (Phi) is 4.03. The highest BCUT2D eigenvalue weighted by atomic mass is 35.5. The summed E-state index contributed by atoms with van der Waals surface area (Å²) < 4.78 is 14.5. The van der Waals surface area contributed by atoms with Gasteiger partial charge in [0.1, 0.15) is 18.6 Å². The van der Waals surface area contributed by atoms with Crippen LogP contribution in [0, 0.1) is 0 Å². The first-order valence-electron chi connectivity index (χ1n) is 8.93. The molecule has 0 saturated carbocycles. The van der Waals surface area contributed by atoms with Gasteiger partial charge in [-0.1, -0.05) is 16.8 Å². The molecule has 4 aromatic rings. The van der Waals surface area contributed by atoms with Crippen LogP contribution in [0.3, 0.4) is 0 Å². The molecule has 0 saturated heterocycles. The molecule has 4 heterocycles. The molecule has 0 N–H and O–H groups in total. The van der Waals surface area contributed by atoms with E-state index in [0.717, 1.165) is 28.2 Å². The third-order valence-electron chi connectivity index (χ3n) is 4.71. The molecule has 8 nitrogen and oxygen atoms in total. The summed E-state index contributed by atoms with van der Waals surface area (Å²) in [5, 5.41) is 9.42. The van der Waals surface area contributed by atoms with Crippen molar-refractivity contribution in [1.29, 1.82) is 0 Å². The highest BCUT2D eigenvalue weighted by Crippen LogP contribution is 2.38. The van der Waals surface area contributed by atoms with Crippen LogP contribution in [0.15, 0.2) is 35.2 Å². The summed E-state index contributed by atoms with van der Waals surface area (Å²) in [6.07, 6.45) is 4.44. The summed E-state index contributed by atoms with van der Waals surface area (Å²) in [7, 11) is 1.91. The maximum Gasteiger partial charge on any atom is 0.253 e. The number of nitrogens with zero attached hydrogens (tertiary/aromatic N) is 6. The molecule has 0 aliphatic carbocycles. The van der Waals surface area contributed by atoms with E-state index in [9.17, 15) is 0 Å². The van der Waals surface area contributed by atoms with Gasteiger partial charge in [0.05, 0.1) is 17.1 Å². The number of aromatic nitrogens is 6. The Morgan fingerprint density at radius 2 is 2.18 bits per heavy atom. The van der Waals surface area contributed by atoms with Crippen molar-refractivity contribution >= 4 is 11.6 Å². The fraction of sp³-hybridized carbons (Fsp3) is 0.263. The molecule has 9 heteroatoms. The van der Waals surface area contributed by atoms with Gasteiger partial charge < -0.3 is 13.8 Å². The monoisotopic (exact) mass is 396 g/mol. The second-order valence-electron chi connectivity index (χ2n) is 6.57. The van der Waals surface area contributed by atoms with E-state index in [1.165, 1.54) is 0 Å². The van der Waals surface area contributed by atoms with Crippen molar-refractivity contribution in [2.45, 2.75) is 20.0 Å². The Balaban J connectivity index is 1.67. The fourth-order valence-corrected chi connectivity index (χ4v) is 3.69. The van der Waals surface area contributed by atoms with Crippen LogP contribution in [0.1, 0.15) is 24.1 Å². The number of benzene rings is 1. The second-order valence-corrected chi connectivity index (χ2v) is 7.01. The van der Waals surface area contributed by atoms with Gasteiger partial charge in [0.2, 0.25) is 5.82 Å². The van der Waals surface area contributed by atoms with Crippen molar-refractivity contribution in [3.63, 3.8) is 0 Å². The number of fused-ring (bicyclic) bond motifs is 5. The van der Waals surface area contributed by atoms with Gasteiger partial charge in [0.15, 0.2) is 0 Å². The fourth-order valence-electron chi connectivity index (χ4n) is 3.52. The molecular formula is C19H17ClN6O2. The lowest BCUT2D eigenvalue weighted by molar-refractivity contribution is 0.109. The number of imidazole rings is 1. The number of hydrogen-bond donors (Lipinski definition) is 0. The maximum absolute atomic E-state index is 6.27. The first-order valence-corrected chi connectivity index (χ1v) is 9.31. The summed E-state index contributed by atoms with van der Waals surface area (Å²) in [5.74, 6) is 0.882. The van der Waals surface area contributed by atoms with Gasteiger partial charge in [-0.05, 0) is 25.1 Å². The van der Waals surface area contributed by atoms with Gasteiger partial charge in [-0.25, -0.2) is 4.98 Å². The summed E-state index contributed by atoms with van der Waals surface area (Å²) in [6, 6.07) is 5.78. The predicted octanol–water partition coefficient (Wildman–Crippen LogP) is 3.42. The number of halogens is 1. The van der Waals surface area contributed by atoms with E-state index in [-0.39, 0.29) is 6.61 Å². The lowest BCUT2D eigenvalue weighted by Gasteiger charge is -2.09. The van der Waals surface area contributed by atoms with Gasteiger partial charge in [0.25, 0.3) is 5.89 Å². The second kappa shape index (κ2) is 6.57. The number of aryl methyl sites for hydroxylation is 1. The molecule has 0 radical (unpaired) electrons. The molecule has 0 spiro atoms. The Bertz CT molecular complexity index is 1180. The minimum atomic E-state index is 0.285. The first kappa shape index (κ1) is 17.2. The predicted molar refractivity (Wildman–Crippen MR) is 102 cm³/mol. The van der Waals surface area contributed by atoms with Crippen LogP contribution >= 0.6 is 11.6 Å². The minimum Gasteiger partial charge on any atom is -0.372 e. The molecule has 1 aliphatic heterocycles. The largest absolute Gasteiger partial charge is 0.372 e. The Morgan fingerprint density at radius 3 is 3.04 bits per heavy atom. The quantitative estimate of drug-likeness (QED) is 0.463. The highest BCUT2D eigenvalue weighted by Gasteiger charge is 2.27. The van der Waals surface area contributed by atoms with Gasteiger partial charge in [-0.3, -0.25) is 4.68 Å². The molecule has 142 valence electrons. The van der Waals surface area contributed by atoms with Crippen LogP contribution in [0.5, 0.6) is 0 Å². The lowest BCUT2D eigenvalue weighted by Crippen LogP contribution is -2.00. The third-order valence-corrected chi connectivity index (χ3v) is 4.95. The van der Waals surface area contributed by atoms with Crippen molar-refractivity contribution in [3.8, 4) is 28.5 Å². The molecule has 0 amide bonds. The Morgan fingerprint density at radius 1 is 1.29 bits per heavy atom. The maximum atomic E-state index is 6.27. The molecule has 0 unspecified atom stereocenters. The normalized spacial score (nSPS) is 12.4. The average Bonchev–Trinajstić information content (AvgIpc) is 3.37. The van der Waals surface area contributed by atoms with Crippen molar-refractivity contribution in [2.75, 3.05) is 6.61 Å². The highest BCUT2D eigenvalue weighted by molar-refractivity contribution is 6.31. The zero-order valence-corrected chi connectivity index (χ0v) is 16.1. The summed E-state index contributed by atoms with van der Waals surface area (Å²) in [6.45, 7) is 2.79. The van der Waals surface area contributed by atoms with E-state index in [4.69, 9.17) is 20.9 Å². The van der Waals surface area contributed by atoms with Crippen molar-refractivity contribution in [2.24, 2.45) is 7.05 Å². The van der Waals surface area contributed by atoms with Crippen LogP contribution < -0.4 is 0 Å². The van der Waals surface area contributed by atoms with Gasteiger partial charge in [-0.2, -0.15) is 10.1 Å². The van der Waals surface area contributed by atoms with Crippen LogP contribution in [0.25, 0.3) is 28.5 Å². The van der Waals surface area contributed by atoms with Crippen LogP contribution in [0.2, 0.25) is 5.02 Å². The number of ether oxygens (including phenoxy) is 1. The van der Waals surface area contributed by atoms with Crippen LogP contribution in [0.4, 0.5) is 0 Å². The van der Waals surface area contributed by atoms with Gasteiger partial charge in [0, 0.05) is 42.4 Å². The Hall–Kier alpha value is -2.97. The Labute approximate surface area is 165 Å². The molecule has 0 bridgehead atoms. The molecule has 3 aromatic heterocycles. The smallest absolute Gasteiger partial charge is 0.253 e. The van der Waals surface area contributed by atoms with Crippen molar-refractivity contribution < 1.29 is 9.26 Å². The van der Waals surface area contributed by atoms with Crippen LogP contribution in [-0.4, -0.2) is 36.1 Å². The summed E-state index contributed by atoms with van der Waals surface area (Å²) in [5.41, 5.74) is 5.59. The SMILES string of the molecule is CCOCc1nc(-c2ncn3c2Cc2cn(C)nc2-c2cc(Cl)ccc2-3)no1. The standard InChI is InChI=1S/C19H17ClN6O2/c1-3-27-9-16-22-19(24-28-16)18-15-6-11-8-25(2)23-17(11)13-7-12(20)4-5-14(13)26(15)10-21-18/h4-5,7-8,10H,3,6,9H2,1-2H3. The van der Waals surface area contributed by atoms with Gasteiger partial charge >= 0.3 is 0 Å². The van der Waals surface area contributed by atoms with Gasteiger partial charge in [-0.15, -0.1) is 0 Å². The molecular weight excluding hydrogens is 380 g/mol. The van der Waals surface area contributed by atoms with Crippen molar-refractivity contribution in [1.82, 2.24) is 29.5 Å². The summed E-state index contributed by atoms with van der Waals surface area (Å²) in [4.78, 5) is 9.02. The molecule has 1 aromatic carbocycles. The lowest BCUT2D eigenvalue weighted by atomic mass is 10.0. The molecule has 5 rings (SSSR count). The first-order chi connectivity index (χ1) is 13.6.